The van der Waals surface area contributed by atoms with Crippen LogP contribution in [0.5, 0.6) is 0 Å². The van der Waals surface area contributed by atoms with Gasteiger partial charge in [0.1, 0.15) is 29.1 Å². The van der Waals surface area contributed by atoms with Gasteiger partial charge >= 0.3 is 11.9 Å². The highest BCUT2D eigenvalue weighted by molar-refractivity contribution is 7.16. The molecule has 0 saturated heterocycles. The number of carbonyl (C=O) groups is 2. The number of hydrogen-bond donors (Lipinski definition) is 2. The van der Waals surface area contributed by atoms with Crippen LogP contribution in [0.25, 0.3) is 88.7 Å². The lowest BCUT2D eigenvalue weighted by Crippen LogP contribution is -2.04. The maximum Gasteiger partial charge on any atom is 0.346 e. The second-order valence-corrected chi connectivity index (χ2v) is 18.5. The zero-order chi connectivity index (χ0) is 46.2. The van der Waals surface area contributed by atoms with Crippen molar-refractivity contribution in [2.45, 2.75) is 78.3 Å². The summed E-state index contributed by atoms with van der Waals surface area (Å²) in [4.78, 5) is 31.9. The maximum atomic E-state index is 11.5. The number of unbranched alkanes of at least 4 members (excludes halogenated alkanes) is 6. The molecule has 0 amide bonds. The number of aromatic nitrogens is 3. The zero-order valence-electron chi connectivity index (χ0n) is 37.0. The summed E-state index contributed by atoms with van der Waals surface area (Å²) in [6.45, 7) is 6.21. The summed E-state index contributed by atoms with van der Waals surface area (Å²) in [5, 5.41) is 39.9. The van der Waals surface area contributed by atoms with Crippen molar-refractivity contribution < 1.29 is 19.8 Å². The Morgan fingerprint density at radius 3 is 1.62 bits per heavy atom. The largest absolute Gasteiger partial charge is 0.477 e. The quantitative estimate of drug-likeness (QED) is 0.0467. The number of aryl methyl sites for hydroxylation is 1. The van der Waals surface area contributed by atoms with Crippen LogP contribution in [0, 0.1) is 22.7 Å². The van der Waals surface area contributed by atoms with Gasteiger partial charge in [-0.05, 0) is 84.7 Å². The molecule has 66 heavy (non-hydrogen) atoms. The molecule has 0 unspecified atom stereocenters. The van der Waals surface area contributed by atoms with E-state index in [1.165, 1.54) is 75.9 Å². The van der Waals surface area contributed by atoms with Crippen LogP contribution in [0.15, 0.2) is 126 Å². The summed E-state index contributed by atoms with van der Waals surface area (Å²) >= 11 is 2.86. The first-order valence-electron chi connectivity index (χ1n) is 22.4. The number of fused-ring (bicyclic) bond motifs is 3. The van der Waals surface area contributed by atoms with Gasteiger partial charge in [0.15, 0.2) is 0 Å². The Hall–Kier alpha value is -7.31. The lowest BCUT2D eigenvalue weighted by molar-refractivity contribution is -0.133. The second-order valence-electron chi connectivity index (χ2n) is 16.3. The third-order valence-corrected chi connectivity index (χ3v) is 14.0. The van der Waals surface area contributed by atoms with Crippen molar-refractivity contribution >= 4 is 68.6 Å². The Bertz CT molecular complexity index is 3200. The number of benzene rings is 4. The molecule has 0 saturated carbocycles. The number of nitrogens with zero attached hydrogens (tertiary/aromatic N) is 5. The molecule has 8 aromatic rings. The molecule has 0 spiro atoms. The summed E-state index contributed by atoms with van der Waals surface area (Å²) in [5.74, 6) is -1.61. The van der Waals surface area contributed by atoms with Gasteiger partial charge in [-0.3, -0.25) is 0 Å². The van der Waals surface area contributed by atoms with E-state index in [0.717, 1.165) is 100.0 Å². The van der Waals surface area contributed by atoms with Crippen LogP contribution in [0.3, 0.4) is 0 Å². The molecule has 11 heteroatoms. The minimum Gasteiger partial charge on any atom is -0.477 e. The minimum atomic E-state index is -1.25. The molecule has 2 N–H and O–H groups in total. The van der Waals surface area contributed by atoms with Gasteiger partial charge in [-0.1, -0.05) is 119 Å². The van der Waals surface area contributed by atoms with Gasteiger partial charge in [-0.25, -0.2) is 14.6 Å². The highest BCUT2D eigenvalue weighted by Gasteiger charge is 2.23. The number of hydrogen-bond acceptors (Lipinski definition) is 7. The SMILES string of the molecule is CCCCCCn1c(-c2ccc3c(c2)c2ccccc2n3CCCCCC)nc(-c2ccc(-c3ccc(/C=C(/C#N)C(=O)O)s3)cc2)c1-c1ccc(-c2ccc(/C=C(/C#N)C(=O)O)s2)cc1. The lowest BCUT2D eigenvalue weighted by atomic mass is 10.0. The van der Waals surface area contributed by atoms with E-state index < -0.39 is 11.9 Å². The van der Waals surface area contributed by atoms with Crippen molar-refractivity contribution in [3.63, 3.8) is 0 Å². The predicted octanol–water partition coefficient (Wildman–Crippen LogP) is 14.6. The third kappa shape index (κ3) is 9.69. The van der Waals surface area contributed by atoms with Gasteiger partial charge in [0.25, 0.3) is 0 Å². The minimum absolute atomic E-state index is 0.308. The van der Waals surface area contributed by atoms with Gasteiger partial charge in [-0.15, -0.1) is 22.7 Å². The molecule has 330 valence electrons. The van der Waals surface area contributed by atoms with Crippen molar-refractivity contribution in [2.75, 3.05) is 0 Å². The number of carboxylic acids is 2. The van der Waals surface area contributed by atoms with Crippen LogP contribution in [0.2, 0.25) is 0 Å². The molecule has 8 rings (SSSR count). The lowest BCUT2D eigenvalue weighted by Gasteiger charge is -2.14. The first-order valence-corrected chi connectivity index (χ1v) is 24.1. The van der Waals surface area contributed by atoms with Crippen LogP contribution in [-0.4, -0.2) is 36.3 Å². The van der Waals surface area contributed by atoms with Crippen molar-refractivity contribution in [3.05, 3.63) is 136 Å². The summed E-state index contributed by atoms with van der Waals surface area (Å²) < 4.78 is 4.87. The van der Waals surface area contributed by atoms with Gasteiger partial charge in [0.2, 0.25) is 0 Å². The average Bonchev–Trinajstić information content (AvgIpc) is 4.15. The van der Waals surface area contributed by atoms with E-state index in [4.69, 9.17) is 4.98 Å². The molecule has 4 aromatic carbocycles. The first-order chi connectivity index (χ1) is 32.2. The Morgan fingerprint density at radius 2 is 1.08 bits per heavy atom. The van der Waals surface area contributed by atoms with Crippen molar-refractivity contribution in [3.8, 4) is 66.9 Å². The van der Waals surface area contributed by atoms with Crippen molar-refractivity contribution in [2.24, 2.45) is 0 Å². The summed E-state index contributed by atoms with van der Waals surface area (Å²) in [5.41, 5.74) is 8.66. The van der Waals surface area contributed by atoms with Crippen molar-refractivity contribution in [1.82, 2.24) is 14.1 Å². The molecule has 4 aromatic heterocycles. The maximum absolute atomic E-state index is 11.5. The van der Waals surface area contributed by atoms with Crippen LogP contribution in [-0.2, 0) is 22.7 Å². The number of imidazole rings is 1. The van der Waals surface area contributed by atoms with Gasteiger partial charge < -0.3 is 19.3 Å². The van der Waals surface area contributed by atoms with E-state index in [9.17, 15) is 30.3 Å². The molecule has 0 radical (unpaired) electrons. The zero-order valence-corrected chi connectivity index (χ0v) is 38.6. The fourth-order valence-corrected chi connectivity index (χ4v) is 10.4. The first kappa shape index (κ1) is 45.3. The summed E-state index contributed by atoms with van der Waals surface area (Å²) in [6.07, 6.45) is 11.9. The standard InChI is InChI=1S/C55H49N5O4S2/c1-3-5-7-11-29-59-47-14-10-9-13-45(47)46-33-40(23-26-48(46)59)53-58-51(38-19-15-36(16-20-38)49-27-24-43(65-49)31-41(34-56)54(61)62)52(60(53)30-12-8-6-4-2)39-21-17-37(18-22-39)50-28-25-44(66-50)32-42(35-57)55(63)64/h9-10,13-28,31-33H,3-8,11-12,29-30H2,1-2H3,(H,61,62)(H,63,64)/b41-31-,42-32-. The Kier molecular flexibility index (Phi) is 14.2. The molecule has 9 nitrogen and oxygen atoms in total. The molecule has 4 heterocycles. The van der Waals surface area contributed by atoms with Crippen LogP contribution >= 0.6 is 22.7 Å². The number of rotatable bonds is 19. The Balaban J connectivity index is 1.26. The van der Waals surface area contributed by atoms with Crippen LogP contribution < -0.4 is 0 Å². The summed E-state index contributed by atoms with van der Waals surface area (Å²) in [7, 11) is 0. The number of nitriles is 2. The predicted molar refractivity (Wildman–Crippen MR) is 269 cm³/mol. The fraction of sp³-hybridized carbons (Fsp3) is 0.218. The molecular formula is C55H49N5O4S2. The highest BCUT2D eigenvalue weighted by Crippen LogP contribution is 2.41. The van der Waals surface area contributed by atoms with Gasteiger partial charge in [0.05, 0.1) is 11.4 Å². The van der Waals surface area contributed by atoms with E-state index in [1.54, 1.807) is 12.1 Å². The molecule has 0 aliphatic rings. The molecule has 0 fully saturated rings. The number of thiophene rings is 2. The van der Waals surface area contributed by atoms with Crippen LogP contribution in [0.4, 0.5) is 0 Å². The summed E-state index contributed by atoms with van der Waals surface area (Å²) in [6, 6.07) is 43.4. The van der Waals surface area contributed by atoms with E-state index >= 15 is 0 Å². The van der Waals surface area contributed by atoms with Crippen molar-refractivity contribution in [1.29, 1.82) is 10.5 Å². The molecule has 0 aliphatic carbocycles. The average molecular weight is 908 g/mol. The second kappa shape index (κ2) is 20.7. The van der Waals surface area contributed by atoms with Crippen LogP contribution in [0.1, 0.15) is 75.0 Å². The number of aliphatic carboxylic acids is 2. The molecular weight excluding hydrogens is 859 g/mol. The molecule has 0 atom stereocenters. The van der Waals surface area contributed by atoms with Gasteiger partial charge in [0, 0.05) is 71.1 Å². The number of para-hydroxylation sites is 1. The Labute approximate surface area is 392 Å². The van der Waals surface area contributed by atoms with E-state index in [0.29, 0.717) is 9.75 Å². The Morgan fingerprint density at radius 1 is 0.576 bits per heavy atom. The normalized spacial score (nSPS) is 11.9. The van der Waals surface area contributed by atoms with E-state index in [2.05, 4.69) is 114 Å². The van der Waals surface area contributed by atoms with Gasteiger partial charge in [-0.2, -0.15) is 10.5 Å². The highest BCUT2D eigenvalue weighted by atomic mass is 32.1. The molecule has 0 aliphatic heterocycles. The topological polar surface area (TPSA) is 145 Å². The smallest absolute Gasteiger partial charge is 0.346 e. The number of carboxylic acid groups (broad SMARTS) is 2. The van der Waals surface area contributed by atoms with E-state index in [1.807, 2.05) is 24.3 Å². The fourth-order valence-electron chi connectivity index (χ4n) is 8.54. The molecule has 0 bridgehead atoms. The monoisotopic (exact) mass is 907 g/mol. The third-order valence-electron chi connectivity index (χ3n) is 11.9. The van der Waals surface area contributed by atoms with E-state index in [-0.39, 0.29) is 11.1 Å².